The second-order valence-electron chi connectivity index (χ2n) is 16.0. The van der Waals surface area contributed by atoms with E-state index in [-0.39, 0.29) is 34.6 Å². The fourth-order valence-electron chi connectivity index (χ4n) is 7.05. The van der Waals surface area contributed by atoms with Gasteiger partial charge in [0.25, 0.3) is 11.5 Å². The molecule has 1 amide bonds. The molecule has 0 bridgehead atoms. The van der Waals surface area contributed by atoms with E-state index in [1.165, 1.54) is 17.2 Å². The molecule has 10 atom stereocenters. The monoisotopic (exact) mass is 902 g/mol. The number of halogens is 1. The summed E-state index contributed by atoms with van der Waals surface area (Å²) in [5, 5.41) is 22.0. The van der Waals surface area contributed by atoms with Gasteiger partial charge in [-0.05, 0) is 30.3 Å². The van der Waals surface area contributed by atoms with Gasteiger partial charge in [0.15, 0.2) is 63.1 Å². The maximum Gasteiger partial charge on any atom is 0.339 e. The zero-order valence-electron chi connectivity index (χ0n) is 33.6. The molecule has 6 heterocycles. The lowest BCUT2D eigenvalue weighted by molar-refractivity contribution is -0.0410. The van der Waals surface area contributed by atoms with Gasteiger partial charge >= 0.3 is 7.60 Å². The van der Waals surface area contributed by atoms with Gasteiger partial charge in [-0.3, -0.25) is 27.9 Å². The molecule has 4 aromatic heterocycles. The average molecular weight is 903 g/mol. The summed E-state index contributed by atoms with van der Waals surface area (Å²) in [6.45, 7) is 7.83. The summed E-state index contributed by atoms with van der Waals surface area (Å²) >= 11 is 0. The summed E-state index contributed by atoms with van der Waals surface area (Å²) in [4.78, 5) is 59.9. The topological polar surface area (TPSA) is 281 Å². The number of aliphatic hydroxyl groups excluding tert-OH is 1. The first-order valence-electron chi connectivity index (χ1n) is 19.2. The number of nitrogens with one attached hydrogen (secondary N) is 2. The minimum atomic E-state index is -4.77. The van der Waals surface area contributed by atoms with Crippen molar-refractivity contribution in [2.24, 2.45) is 0 Å². The summed E-state index contributed by atoms with van der Waals surface area (Å²) in [7, 11) is -11.1. The van der Waals surface area contributed by atoms with Crippen molar-refractivity contribution in [2.75, 3.05) is 25.1 Å². The molecule has 1 aromatic carbocycles. The van der Waals surface area contributed by atoms with E-state index in [0.29, 0.717) is 5.56 Å². The minimum Gasteiger partial charge on any atom is -0.410 e. The van der Waals surface area contributed by atoms with Crippen LogP contribution in [0.4, 0.5) is 10.2 Å². The Bertz CT molecular complexity index is 2570. The predicted molar refractivity (Wildman–Crippen MR) is 218 cm³/mol. The summed E-state index contributed by atoms with van der Waals surface area (Å²) in [6.07, 6.45) is -4.56. The number of hydrogen-bond donors (Lipinski definition) is 4. The number of rotatable bonds is 15. The number of carbonyl (C=O) groups excluding carboxylic acids is 1. The number of nitriles is 1. The first-order valence-corrected chi connectivity index (χ1v) is 25.1. The number of aromatic amines is 1. The molecule has 4 N–H and O–H groups in total. The van der Waals surface area contributed by atoms with Crippen LogP contribution < -0.4 is 10.9 Å². The molecule has 0 saturated carbocycles. The second-order valence-corrected chi connectivity index (χ2v) is 24.2. The van der Waals surface area contributed by atoms with Crippen molar-refractivity contribution >= 4 is 58.0 Å². The highest BCUT2D eigenvalue weighted by Gasteiger charge is 2.59. The van der Waals surface area contributed by atoms with Gasteiger partial charge in [-0.1, -0.05) is 39.0 Å². The molecule has 5 aromatic rings. The lowest BCUT2D eigenvalue weighted by atomic mass is 10.2. The number of imidazole rings is 2. The molecule has 2 saturated heterocycles. The standard InChI is InChI=1S/C36H45FN10O11P2Si/c1-36(2,3)61(4,5)58-26-22(57-35(27(26)59(51)52)47-18-43-24-29(39-16-40-30(24)47)45-32(49)20-10-7-6-8-11-20)15-55-60(53,54-13-9-12-38)28-21(14-48)56-34(23(28)37)46-19-44-25-31(46)41-17-42-33(25)50/h6-8,10-11,16-19,21-23,26-28,34-35,48,59H,9,13-15H2,1-5H3,(H,51,52)(H,41,42,50)(H,39,40,45,49)/t21?,22?,23-,26-,27-,28-,34?,35?,60?/m1/s1. The number of hydrogen-bond acceptors (Lipinski definition) is 16. The Morgan fingerprint density at radius 1 is 1.05 bits per heavy atom. The number of aliphatic hydroxyl groups is 1. The van der Waals surface area contributed by atoms with Crippen LogP contribution in [0.1, 0.15) is 50.0 Å². The highest BCUT2D eigenvalue weighted by atomic mass is 31.2. The highest BCUT2D eigenvalue weighted by Crippen LogP contribution is 2.61. The molecule has 61 heavy (non-hydrogen) atoms. The smallest absolute Gasteiger partial charge is 0.339 e. The van der Waals surface area contributed by atoms with E-state index in [1.807, 2.05) is 39.9 Å². The number of nitrogens with zero attached hydrogens (tertiary/aromatic N) is 8. The Labute approximate surface area is 349 Å². The Hall–Kier alpha value is -4.59. The average Bonchev–Trinajstić information content (AvgIpc) is 4.00. The predicted octanol–water partition coefficient (Wildman–Crippen LogP) is 4.07. The van der Waals surface area contributed by atoms with Gasteiger partial charge in [0, 0.05) is 5.56 Å². The molecule has 0 spiro atoms. The van der Waals surface area contributed by atoms with Crippen LogP contribution in [0.5, 0.6) is 0 Å². The molecule has 0 aliphatic carbocycles. The van der Waals surface area contributed by atoms with Gasteiger partial charge in [-0.15, -0.1) is 0 Å². The second kappa shape index (κ2) is 17.6. The summed E-state index contributed by atoms with van der Waals surface area (Å²) in [6, 6.07) is 10.3. The number of ether oxygens (including phenoxy) is 2. The van der Waals surface area contributed by atoms with E-state index < -0.39 is 109 Å². The third-order valence-corrected chi connectivity index (χ3v) is 19.2. The van der Waals surface area contributed by atoms with Crippen LogP contribution in [0.3, 0.4) is 0 Å². The number of H-pyrrole nitrogens is 1. The van der Waals surface area contributed by atoms with Crippen LogP contribution >= 0.6 is 15.6 Å². The molecule has 7 rings (SSSR count). The van der Waals surface area contributed by atoms with E-state index >= 15 is 4.39 Å². The number of carbonyl (C=O) groups is 1. The van der Waals surface area contributed by atoms with Gasteiger partial charge in [0.2, 0.25) is 0 Å². The van der Waals surface area contributed by atoms with E-state index in [0.717, 1.165) is 17.2 Å². The van der Waals surface area contributed by atoms with E-state index in [2.05, 4.69) is 35.2 Å². The van der Waals surface area contributed by atoms with Gasteiger partial charge in [-0.2, -0.15) is 5.26 Å². The van der Waals surface area contributed by atoms with E-state index in [9.17, 15) is 34.0 Å². The SMILES string of the molecule is CC(C)(C)[Si](C)(C)O[C@@H]1C(COP(=O)(OCCC#N)[C@@H]2C(CO)OC(n3cnc4c(=O)[nH]cnc43)[C@@H]2F)OC(n2cnc3c(NC(=O)c4ccccc4)ncnc32)[C@@H]1[PH](=O)O. The number of anilines is 1. The maximum absolute atomic E-state index is 16.8. The van der Waals surface area contributed by atoms with Gasteiger partial charge < -0.3 is 43.2 Å². The number of benzene rings is 1. The summed E-state index contributed by atoms with van der Waals surface area (Å²) in [5.41, 5.74) is -3.17. The summed E-state index contributed by atoms with van der Waals surface area (Å²) in [5.74, 6) is -0.397. The van der Waals surface area contributed by atoms with Crippen molar-refractivity contribution in [1.29, 1.82) is 5.26 Å². The number of alkyl halides is 1. The van der Waals surface area contributed by atoms with Crippen LogP contribution in [-0.2, 0) is 32.1 Å². The molecule has 25 heteroatoms. The first-order chi connectivity index (χ1) is 29.0. The van der Waals surface area contributed by atoms with Crippen LogP contribution in [0.2, 0.25) is 18.1 Å². The van der Waals surface area contributed by atoms with Crippen molar-refractivity contribution < 1.29 is 51.3 Å². The molecule has 2 fully saturated rings. The van der Waals surface area contributed by atoms with Crippen molar-refractivity contribution in [1.82, 2.24) is 39.0 Å². The molecule has 0 radical (unpaired) electrons. The van der Waals surface area contributed by atoms with Crippen LogP contribution in [0, 0.1) is 11.3 Å². The van der Waals surface area contributed by atoms with Crippen LogP contribution in [0.25, 0.3) is 22.3 Å². The normalized spacial score (nSPS) is 26.0. The number of fused-ring (bicyclic) bond motifs is 2. The minimum absolute atomic E-state index is 0.0424. The summed E-state index contributed by atoms with van der Waals surface area (Å²) < 4.78 is 78.8. The lowest BCUT2D eigenvalue weighted by Crippen LogP contribution is -2.49. The third-order valence-electron chi connectivity index (χ3n) is 11.1. The van der Waals surface area contributed by atoms with Crippen LogP contribution in [-0.4, -0.2) is 119 Å². The largest absolute Gasteiger partial charge is 0.410 e. The lowest BCUT2D eigenvalue weighted by Gasteiger charge is -2.40. The highest BCUT2D eigenvalue weighted by molar-refractivity contribution is 7.54. The molecule has 2 aliphatic rings. The van der Waals surface area contributed by atoms with Gasteiger partial charge in [0.1, 0.15) is 29.9 Å². The maximum atomic E-state index is 16.8. The van der Waals surface area contributed by atoms with E-state index in [4.69, 9.17) is 22.9 Å². The molecule has 21 nitrogen and oxygen atoms in total. The zero-order valence-corrected chi connectivity index (χ0v) is 36.5. The molecule has 6 unspecified atom stereocenters. The Morgan fingerprint density at radius 3 is 2.39 bits per heavy atom. The van der Waals surface area contributed by atoms with Crippen LogP contribution in [0.15, 0.2) is 60.4 Å². The van der Waals surface area contributed by atoms with Gasteiger partial charge in [-0.25, -0.2) is 29.3 Å². The zero-order chi connectivity index (χ0) is 43.9. The number of aromatic nitrogens is 8. The van der Waals surface area contributed by atoms with Crippen molar-refractivity contribution in [2.45, 2.75) is 93.6 Å². The fraction of sp³-hybridized carbons (Fsp3) is 0.500. The first kappa shape index (κ1) is 44.5. The Balaban J connectivity index is 1.23. The Kier molecular flexibility index (Phi) is 12.9. The molecular formula is C36H45FN10O11P2Si. The van der Waals surface area contributed by atoms with Gasteiger partial charge in [0.05, 0.1) is 57.4 Å². The van der Waals surface area contributed by atoms with Crippen molar-refractivity contribution in [3.63, 3.8) is 0 Å². The number of amides is 1. The quantitative estimate of drug-likeness (QED) is 0.0654. The fourth-order valence-corrected chi connectivity index (χ4v) is 11.7. The molecule has 326 valence electrons. The molecular weight excluding hydrogens is 857 g/mol. The molecule has 2 aliphatic heterocycles. The van der Waals surface area contributed by atoms with E-state index in [1.54, 1.807) is 30.3 Å². The van der Waals surface area contributed by atoms with Crippen molar-refractivity contribution in [3.8, 4) is 6.07 Å². The van der Waals surface area contributed by atoms with Crippen molar-refractivity contribution in [3.05, 3.63) is 71.6 Å². The Morgan fingerprint density at radius 2 is 1.72 bits per heavy atom. The third kappa shape index (κ3) is 8.62.